The van der Waals surface area contributed by atoms with Crippen LogP contribution in [0.4, 0.5) is 5.82 Å². The molecule has 0 saturated heterocycles. The van der Waals surface area contributed by atoms with Gasteiger partial charge in [0, 0.05) is 0 Å². The van der Waals surface area contributed by atoms with Gasteiger partial charge in [-0.1, -0.05) is 37.6 Å². The van der Waals surface area contributed by atoms with E-state index in [1.165, 1.54) is 0 Å². The van der Waals surface area contributed by atoms with Crippen molar-refractivity contribution in [2.45, 2.75) is 19.8 Å². The molecule has 0 atom stereocenters. The van der Waals surface area contributed by atoms with Crippen molar-refractivity contribution in [1.82, 2.24) is 9.78 Å². The van der Waals surface area contributed by atoms with E-state index in [2.05, 4.69) is 41.5 Å². The lowest BCUT2D eigenvalue weighted by atomic mass is 10.1. The predicted molar refractivity (Wildman–Crippen MR) is 79.8 cm³/mol. The summed E-state index contributed by atoms with van der Waals surface area (Å²) < 4.78 is 2.71. The molecule has 1 aromatic heterocycles. The normalized spacial score (nSPS) is 11.1. The number of nitrogens with two attached hydrogens (primary N) is 1. The fourth-order valence-corrected chi connectivity index (χ4v) is 2.78. The van der Waals surface area contributed by atoms with Crippen molar-refractivity contribution in [3.05, 3.63) is 38.6 Å². The molecule has 0 saturated carbocycles. The lowest BCUT2D eigenvalue weighted by Crippen LogP contribution is -2.03. The second kappa shape index (κ2) is 4.86. The van der Waals surface area contributed by atoms with Crippen LogP contribution in [0.2, 0.25) is 5.02 Å². The van der Waals surface area contributed by atoms with Crippen molar-refractivity contribution >= 4 is 40.0 Å². The molecule has 1 heterocycles. The molecule has 0 fully saturated rings. The van der Waals surface area contributed by atoms with Gasteiger partial charge in [0.25, 0.3) is 0 Å². The third-order valence-corrected chi connectivity index (χ3v) is 3.94. The Morgan fingerprint density at radius 1 is 1.35 bits per heavy atom. The van der Waals surface area contributed by atoms with Crippen LogP contribution in [0, 0.1) is 3.57 Å². The fraction of sp³-hybridized carbons (Fsp3) is 0.250. The third kappa shape index (κ3) is 2.28. The first-order valence-electron chi connectivity index (χ1n) is 5.31. The Kier molecular flexibility index (Phi) is 3.63. The third-order valence-electron chi connectivity index (χ3n) is 2.51. The summed E-state index contributed by atoms with van der Waals surface area (Å²) in [6.45, 7) is 4.20. The van der Waals surface area contributed by atoms with Gasteiger partial charge >= 0.3 is 0 Å². The molecule has 0 aliphatic carbocycles. The van der Waals surface area contributed by atoms with Crippen LogP contribution in [0.5, 0.6) is 0 Å². The maximum absolute atomic E-state index is 6.15. The zero-order chi connectivity index (χ0) is 12.6. The van der Waals surface area contributed by atoms with Crippen LogP contribution >= 0.6 is 34.2 Å². The van der Waals surface area contributed by atoms with Gasteiger partial charge in [0.15, 0.2) is 0 Å². The molecule has 17 heavy (non-hydrogen) atoms. The molecule has 0 aliphatic heterocycles. The maximum Gasteiger partial charge on any atom is 0.141 e. The second-order valence-electron chi connectivity index (χ2n) is 4.10. The van der Waals surface area contributed by atoms with Crippen molar-refractivity contribution in [3.63, 3.8) is 0 Å². The first-order valence-corrected chi connectivity index (χ1v) is 6.76. The Bertz CT molecular complexity index is 549. The van der Waals surface area contributed by atoms with Crippen LogP contribution in [0.25, 0.3) is 5.69 Å². The predicted octanol–water partition coefficient (Wildman–Crippen LogP) is 3.84. The molecular formula is C12H13ClIN3. The highest BCUT2D eigenvalue weighted by Crippen LogP contribution is 2.29. The number of para-hydroxylation sites is 1. The number of nitrogens with zero attached hydrogens (tertiary/aromatic N) is 2. The summed E-state index contributed by atoms with van der Waals surface area (Å²) in [6.07, 6.45) is 0. The summed E-state index contributed by atoms with van der Waals surface area (Å²) in [5, 5.41) is 5.19. The van der Waals surface area contributed by atoms with E-state index in [9.17, 15) is 0 Å². The standard InChI is InChI=1S/C12H13ClIN3/c1-7(2)11-10(14)12(15)17(16-11)9-6-4-3-5-8(9)13/h3-7H,15H2,1-2H3. The molecule has 0 amide bonds. The molecule has 2 aromatic rings. The van der Waals surface area contributed by atoms with E-state index in [0.717, 1.165) is 15.0 Å². The van der Waals surface area contributed by atoms with E-state index in [0.29, 0.717) is 16.8 Å². The highest BCUT2D eigenvalue weighted by atomic mass is 127. The molecule has 90 valence electrons. The second-order valence-corrected chi connectivity index (χ2v) is 5.59. The molecule has 0 radical (unpaired) electrons. The van der Waals surface area contributed by atoms with Crippen LogP contribution in [0.3, 0.4) is 0 Å². The number of aromatic nitrogens is 2. The minimum Gasteiger partial charge on any atom is -0.383 e. The summed E-state index contributed by atoms with van der Waals surface area (Å²) in [5.41, 5.74) is 7.90. The summed E-state index contributed by atoms with van der Waals surface area (Å²) in [6, 6.07) is 7.55. The number of hydrogen-bond acceptors (Lipinski definition) is 2. The monoisotopic (exact) mass is 361 g/mol. The van der Waals surface area contributed by atoms with Gasteiger partial charge in [-0.2, -0.15) is 5.10 Å². The Morgan fingerprint density at radius 2 is 2.00 bits per heavy atom. The molecule has 0 bridgehead atoms. The first kappa shape index (κ1) is 12.7. The summed E-state index contributed by atoms with van der Waals surface area (Å²) in [5.74, 6) is 0.982. The van der Waals surface area contributed by atoms with Gasteiger partial charge < -0.3 is 5.73 Å². The quantitative estimate of drug-likeness (QED) is 0.826. The van der Waals surface area contributed by atoms with Crippen LogP contribution in [-0.2, 0) is 0 Å². The van der Waals surface area contributed by atoms with Gasteiger partial charge in [0.05, 0.1) is 20.0 Å². The van der Waals surface area contributed by atoms with Crippen molar-refractivity contribution in [3.8, 4) is 5.69 Å². The lowest BCUT2D eigenvalue weighted by Gasteiger charge is -2.05. The summed E-state index contributed by atoms with van der Waals surface area (Å²) >= 11 is 8.38. The van der Waals surface area contributed by atoms with Crippen molar-refractivity contribution in [1.29, 1.82) is 0 Å². The van der Waals surface area contributed by atoms with Gasteiger partial charge in [0.1, 0.15) is 5.82 Å². The van der Waals surface area contributed by atoms with E-state index < -0.39 is 0 Å². The van der Waals surface area contributed by atoms with Gasteiger partial charge in [-0.3, -0.25) is 0 Å². The van der Waals surface area contributed by atoms with Crippen LogP contribution in [-0.4, -0.2) is 9.78 Å². The minimum atomic E-state index is 0.341. The largest absolute Gasteiger partial charge is 0.383 e. The van der Waals surface area contributed by atoms with Gasteiger partial charge in [-0.25, -0.2) is 4.68 Å². The number of rotatable bonds is 2. The van der Waals surface area contributed by atoms with Crippen LogP contribution < -0.4 is 5.73 Å². The van der Waals surface area contributed by atoms with E-state index in [1.54, 1.807) is 4.68 Å². The molecule has 0 unspecified atom stereocenters. The van der Waals surface area contributed by atoms with Gasteiger partial charge in [-0.05, 0) is 40.6 Å². The average molecular weight is 362 g/mol. The van der Waals surface area contributed by atoms with Crippen LogP contribution in [0.1, 0.15) is 25.5 Å². The number of anilines is 1. The Hall–Kier alpha value is -0.750. The molecular weight excluding hydrogens is 349 g/mol. The Balaban J connectivity index is 2.61. The first-order chi connectivity index (χ1) is 8.02. The lowest BCUT2D eigenvalue weighted by molar-refractivity contribution is 0.769. The molecule has 5 heteroatoms. The smallest absolute Gasteiger partial charge is 0.141 e. The SMILES string of the molecule is CC(C)c1nn(-c2ccccc2Cl)c(N)c1I. The topological polar surface area (TPSA) is 43.8 Å². The number of nitrogen functional groups attached to an aromatic ring is 1. The van der Waals surface area contributed by atoms with Crippen LogP contribution in [0.15, 0.2) is 24.3 Å². The van der Waals surface area contributed by atoms with Gasteiger partial charge in [-0.15, -0.1) is 0 Å². The highest BCUT2D eigenvalue weighted by molar-refractivity contribution is 14.1. The fourth-order valence-electron chi connectivity index (χ4n) is 1.61. The molecule has 2 N–H and O–H groups in total. The summed E-state index contributed by atoms with van der Waals surface area (Å²) in [4.78, 5) is 0. The van der Waals surface area contributed by atoms with E-state index in [-0.39, 0.29) is 0 Å². The zero-order valence-electron chi connectivity index (χ0n) is 9.61. The number of hydrogen-bond donors (Lipinski definition) is 1. The van der Waals surface area contributed by atoms with Gasteiger partial charge in [0.2, 0.25) is 0 Å². The Morgan fingerprint density at radius 3 is 2.53 bits per heavy atom. The van der Waals surface area contributed by atoms with E-state index in [1.807, 2.05) is 24.3 Å². The zero-order valence-corrected chi connectivity index (χ0v) is 12.5. The molecule has 3 nitrogen and oxygen atoms in total. The Labute approximate surface area is 119 Å². The maximum atomic E-state index is 6.15. The molecule has 2 rings (SSSR count). The van der Waals surface area contributed by atoms with E-state index >= 15 is 0 Å². The van der Waals surface area contributed by atoms with Crippen molar-refractivity contribution < 1.29 is 0 Å². The molecule has 0 aliphatic rings. The van der Waals surface area contributed by atoms with E-state index in [4.69, 9.17) is 17.3 Å². The number of halogens is 2. The minimum absolute atomic E-state index is 0.341. The molecule has 0 spiro atoms. The number of benzene rings is 1. The molecule has 1 aromatic carbocycles. The van der Waals surface area contributed by atoms with Crippen molar-refractivity contribution in [2.75, 3.05) is 5.73 Å². The van der Waals surface area contributed by atoms with Crippen molar-refractivity contribution in [2.24, 2.45) is 0 Å². The average Bonchev–Trinajstić information content (AvgIpc) is 2.57. The highest BCUT2D eigenvalue weighted by Gasteiger charge is 2.17. The summed E-state index contributed by atoms with van der Waals surface area (Å²) in [7, 11) is 0.